The molecule has 1 amide bonds. The molecule has 1 atom stereocenters. The van der Waals surface area contributed by atoms with Crippen molar-refractivity contribution in [2.45, 2.75) is 25.8 Å². The lowest BCUT2D eigenvalue weighted by molar-refractivity contribution is 0.0701. The Kier molecular flexibility index (Phi) is 3.98. The lowest BCUT2D eigenvalue weighted by atomic mass is 10.0. The van der Waals surface area contributed by atoms with E-state index in [-0.39, 0.29) is 16.8 Å². The number of carbonyl (C=O) groups excluding carboxylic acids is 1. The van der Waals surface area contributed by atoms with Gasteiger partial charge in [0.2, 0.25) is 0 Å². The molecule has 1 fully saturated rings. The van der Waals surface area contributed by atoms with E-state index in [1.54, 1.807) is 6.07 Å². The second-order valence-corrected chi connectivity index (χ2v) is 6.62. The summed E-state index contributed by atoms with van der Waals surface area (Å²) in [4.78, 5) is 26.2. The largest absolute Gasteiger partial charge is 0.477 e. The summed E-state index contributed by atoms with van der Waals surface area (Å²) in [5.74, 6) is -1.05. The van der Waals surface area contributed by atoms with Gasteiger partial charge in [-0.2, -0.15) is 0 Å². The molecule has 1 aliphatic heterocycles. The zero-order valence-corrected chi connectivity index (χ0v) is 13.1. The monoisotopic (exact) mass is 315 g/mol. The van der Waals surface area contributed by atoms with Gasteiger partial charge < -0.3 is 10.0 Å². The quantitative estimate of drug-likeness (QED) is 0.939. The van der Waals surface area contributed by atoms with E-state index in [0.717, 1.165) is 36.3 Å². The van der Waals surface area contributed by atoms with Crippen LogP contribution in [-0.4, -0.2) is 28.4 Å². The van der Waals surface area contributed by atoms with Gasteiger partial charge in [-0.05, 0) is 37.5 Å². The predicted molar refractivity (Wildman–Crippen MR) is 85.5 cm³/mol. The molecule has 0 bridgehead atoms. The molecular weight excluding hydrogens is 298 g/mol. The van der Waals surface area contributed by atoms with Crippen LogP contribution in [0.4, 0.5) is 0 Å². The Morgan fingerprint density at radius 1 is 1.14 bits per heavy atom. The highest BCUT2D eigenvalue weighted by Gasteiger charge is 2.31. The lowest BCUT2D eigenvalue weighted by Gasteiger charge is -2.24. The number of nitrogens with zero attached hydrogens (tertiary/aromatic N) is 1. The number of likely N-dealkylation sites (tertiary alicyclic amines) is 1. The molecule has 1 aromatic heterocycles. The van der Waals surface area contributed by atoms with Crippen LogP contribution in [0, 0.1) is 6.92 Å². The van der Waals surface area contributed by atoms with Gasteiger partial charge >= 0.3 is 5.97 Å². The fraction of sp³-hybridized carbons (Fsp3) is 0.294. The summed E-state index contributed by atoms with van der Waals surface area (Å²) in [6, 6.07) is 11.5. The standard InChI is InChI=1S/C17H17NO3S/c1-11-4-6-12(7-5-11)13-3-2-10-18(13)16(19)14-8-9-15(22-14)17(20)21/h4-9,13H,2-3,10H2,1H3,(H,20,21). The van der Waals surface area contributed by atoms with Crippen molar-refractivity contribution in [3.8, 4) is 0 Å². The number of aromatic carboxylic acids is 1. The maximum absolute atomic E-state index is 12.7. The minimum absolute atomic E-state index is 0.0689. The van der Waals surface area contributed by atoms with Crippen molar-refractivity contribution in [1.29, 1.82) is 0 Å². The Morgan fingerprint density at radius 2 is 1.82 bits per heavy atom. The van der Waals surface area contributed by atoms with Crippen molar-refractivity contribution in [3.63, 3.8) is 0 Å². The van der Waals surface area contributed by atoms with Crippen molar-refractivity contribution < 1.29 is 14.7 Å². The van der Waals surface area contributed by atoms with E-state index in [1.165, 1.54) is 11.6 Å². The van der Waals surface area contributed by atoms with Crippen LogP contribution in [0.15, 0.2) is 36.4 Å². The molecule has 2 aromatic rings. The molecule has 0 saturated carbocycles. The lowest BCUT2D eigenvalue weighted by Crippen LogP contribution is -2.29. The van der Waals surface area contributed by atoms with Gasteiger partial charge in [-0.25, -0.2) is 4.79 Å². The smallest absolute Gasteiger partial charge is 0.345 e. The van der Waals surface area contributed by atoms with Crippen molar-refractivity contribution in [2.24, 2.45) is 0 Å². The van der Waals surface area contributed by atoms with E-state index in [9.17, 15) is 9.59 Å². The van der Waals surface area contributed by atoms with Crippen molar-refractivity contribution >= 4 is 23.2 Å². The first-order valence-electron chi connectivity index (χ1n) is 7.27. The van der Waals surface area contributed by atoms with Crippen LogP contribution in [0.3, 0.4) is 0 Å². The fourth-order valence-corrected chi connectivity index (χ4v) is 3.66. The third-order valence-electron chi connectivity index (χ3n) is 4.00. The predicted octanol–water partition coefficient (Wildman–Crippen LogP) is 3.73. The van der Waals surface area contributed by atoms with Crippen LogP contribution >= 0.6 is 11.3 Å². The molecule has 1 aromatic carbocycles. The van der Waals surface area contributed by atoms with Crippen LogP contribution in [0.25, 0.3) is 0 Å². The van der Waals surface area contributed by atoms with Crippen molar-refractivity contribution in [3.05, 3.63) is 57.3 Å². The summed E-state index contributed by atoms with van der Waals surface area (Å²) in [5, 5.41) is 8.99. The summed E-state index contributed by atoms with van der Waals surface area (Å²) < 4.78 is 0. The van der Waals surface area contributed by atoms with E-state index in [0.29, 0.717) is 4.88 Å². The molecule has 1 aliphatic rings. The van der Waals surface area contributed by atoms with E-state index in [1.807, 2.05) is 11.8 Å². The van der Waals surface area contributed by atoms with Crippen LogP contribution in [0.5, 0.6) is 0 Å². The van der Waals surface area contributed by atoms with Crippen LogP contribution in [0.2, 0.25) is 0 Å². The first-order valence-corrected chi connectivity index (χ1v) is 8.08. The number of amides is 1. The number of carboxylic acids is 1. The summed E-state index contributed by atoms with van der Waals surface area (Å²) >= 11 is 1.04. The molecule has 1 saturated heterocycles. The molecule has 4 nitrogen and oxygen atoms in total. The normalized spacial score (nSPS) is 17.7. The Balaban J connectivity index is 1.84. The zero-order valence-electron chi connectivity index (χ0n) is 12.3. The molecule has 5 heteroatoms. The van der Waals surface area contributed by atoms with E-state index in [2.05, 4.69) is 24.3 Å². The van der Waals surface area contributed by atoms with Gasteiger partial charge in [-0.15, -0.1) is 11.3 Å². The van der Waals surface area contributed by atoms with E-state index >= 15 is 0 Å². The molecule has 22 heavy (non-hydrogen) atoms. The maximum Gasteiger partial charge on any atom is 0.345 e. The Labute approximate surface area is 133 Å². The second kappa shape index (κ2) is 5.93. The number of hydrogen-bond acceptors (Lipinski definition) is 3. The molecule has 0 spiro atoms. The number of benzene rings is 1. The summed E-state index contributed by atoms with van der Waals surface area (Å²) in [7, 11) is 0. The summed E-state index contributed by atoms with van der Waals surface area (Å²) in [6.45, 7) is 2.76. The third kappa shape index (κ3) is 2.76. The molecule has 3 rings (SSSR count). The van der Waals surface area contributed by atoms with Crippen LogP contribution in [-0.2, 0) is 0 Å². The molecular formula is C17H17NO3S. The second-order valence-electron chi connectivity index (χ2n) is 5.54. The van der Waals surface area contributed by atoms with Crippen molar-refractivity contribution in [2.75, 3.05) is 6.54 Å². The average molecular weight is 315 g/mol. The zero-order chi connectivity index (χ0) is 15.7. The highest BCUT2D eigenvalue weighted by Crippen LogP contribution is 2.34. The number of hydrogen-bond donors (Lipinski definition) is 1. The molecule has 114 valence electrons. The number of carboxylic acid groups (broad SMARTS) is 1. The van der Waals surface area contributed by atoms with Gasteiger partial charge in [0.25, 0.3) is 5.91 Å². The minimum atomic E-state index is -0.986. The fourth-order valence-electron chi connectivity index (χ4n) is 2.85. The molecule has 2 heterocycles. The first-order chi connectivity index (χ1) is 10.6. The van der Waals surface area contributed by atoms with Gasteiger partial charge in [-0.1, -0.05) is 29.8 Å². The topological polar surface area (TPSA) is 57.6 Å². The number of rotatable bonds is 3. The Hall–Kier alpha value is -2.14. The third-order valence-corrected chi connectivity index (χ3v) is 5.06. The molecule has 0 radical (unpaired) electrons. The molecule has 0 aliphatic carbocycles. The van der Waals surface area contributed by atoms with Gasteiger partial charge in [-0.3, -0.25) is 4.79 Å². The highest BCUT2D eigenvalue weighted by molar-refractivity contribution is 7.15. The molecule has 1 N–H and O–H groups in total. The van der Waals surface area contributed by atoms with Gasteiger partial charge in [0.05, 0.1) is 10.9 Å². The van der Waals surface area contributed by atoms with E-state index in [4.69, 9.17) is 5.11 Å². The van der Waals surface area contributed by atoms with Crippen molar-refractivity contribution in [1.82, 2.24) is 4.90 Å². The Morgan fingerprint density at radius 3 is 2.45 bits per heavy atom. The average Bonchev–Trinajstić information content (AvgIpc) is 3.17. The SMILES string of the molecule is Cc1ccc(C2CCCN2C(=O)c2ccc(C(=O)O)s2)cc1. The molecule has 1 unspecified atom stereocenters. The number of thiophene rings is 1. The summed E-state index contributed by atoms with van der Waals surface area (Å²) in [6.07, 6.45) is 1.92. The minimum Gasteiger partial charge on any atom is -0.477 e. The van der Waals surface area contributed by atoms with E-state index < -0.39 is 5.97 Å². The van der Waals surface area contributed by atoms with Gasteiger partial charge in [0, 0.05) is 6.54 Å². The maximum atomic E-state index is 12.7. The number of aryl methyl sites for hydroxylation is 1. The summed E-state index contributed by atoms with van der Waals surface area (Å²) in [5.41, 5.74) is 2.34. The number of carbonyl (C=O) groups is 2. The van der Waals surface area contributed by atoms with Crippen LogP contribution in [0.1, 0.15) is 49.4 Å². The van der Waals surface area contributed by atoms with Gasteiger partial charge in [0.1, 0.15) is 4.88 Å². The van der Waals surface area contributed by atoms with Gasteiger partial charge in [0.15, 0.2) is 0 Å². The Bertz CT molecular complexity index is 705. The first kappa shape index (κ1) is 14.8. The highest BCUT2D eigenvalue weighted by atomic mass is 32.1. The van der Waals surface area contributed by atoms with Crippen LogP contribution < -0.4 is 0 Å².